The van der Waals surface area contributed by atoms with Crippen molar-refractivity contribution in [3.63, 3.8) is 0 Å². The molecule has 0 aliphatic heterocycles. The van der Waals surface area contributed by atoms with E-state index in [0.29, 0.717) is 34.5 Å². The van der Waals surface area contributed by atoms with Crippen molar-refractivity contribution >= 4 is 5.69 Å². The van der Waals surface area contributed by atoms with Gasteiger partial charge < -0.3 is 19.7 Å². The fraction of sp³-hybridized carbons (Fsp3) is 0.125. The van der Waals surface area contributed by atoms with Gasteiger partial charge in [-0.05, 0) is 36.4 Å². The lowest BCUT2D eigenvalue weighted by atomic mass is 10.1. The standard InChI is InChI=1S/C16H15N3O3/c1-20-12-6-7-14(21-2)13(9-12)15-18-16(22-19-15)10-4-3-5-11(17)8-10/h3-9H,17H2,1-2H3. The maximum Gasteiger partial charge on any atom is 0.258 e. The number of hydrogen-bond donors (Lipinski definition) is 1. The summed E-state index contributed by atoms with van der Waals surface area (Å²) in [6, 6.07) is 12.7. The second-order valence-corrected chi connectivity index (χ2v) is 4.61. The van der Waals surface area contributed by atoms with E-state index >= 15 is 0 Å². The molecule has 0 radical (unpaired) electrons. The van der Waals surface area contributed by atoms with Gasteiger partial charge in [-0.2, -0.15) is 4.98 Å². The molecule has 3 rings (SSSR count). The van der Waals surface area contributed by atoms with E-state index in [9.17, 15) is 0 Å². The van der Waals surface area contributed by atoms with Crippen LogP contribution >= 0.6 is 0 Å². The first kappa shape index (κ1) is 13.9. The summed E-state index contributed by atoms with van der Waals surface area (Å²) in [5, 5.41) is 4.01. The summed E-state index contributed by atoms with van der Waals surface area (Å²) in [5.41, 5.74) is 7.87. The molecule has 0 aliphatic carbocycles. The van der Waals surface area contributed by atoms with E-state index in [2.05, 4.69) is 10.1 Å². The van der Waals surface area contributed by atoms with Gasteiger partial charge in [0.05, 0.1) is 19.8 Å². The van der Waals surface area contributed by atoms with E-state index in [1.807, 2.05) is 12.1 Å². The van der Waals surface area contributed by atoms with Crippen LogP contribution in [-0.2, 0) is 0 Å². The van der Waals surface area contributed by atoms with Crippen molar-refractivity contribution in [1.82, 2.24) is 10.1 Å². The summed E-state index contributed by atoms with van der Waals surface area (Å²) in [6.45, 7) is 0. The molecular formula is C16H15N3O3. The summed E-state index contributed by atoms with van der Waals surface area (Å²) >= 11 is 0. The normalized spacial score (nSPS) is 10.5. The zero-order valence-corrected chi connectivity index (χ0v) is 12.2. The van der Waals surface area contributed by atoms with Gasteiger partial charge in [-0.25, -0.2) is 0 Å². The highest BCUT2D eigenvalue weighted by molar-refractivity contribution is 5.68. The predicted molar refractivity (Wildman–Crippen MR) is 82.7 cm³/mol. The zero-order chi connectivity index (χ0) is 15.5. The smallest absolute Gasteiger partial charge is 0.258 e. The Morgan fingerprint density at radius 2 is 1.91 bits per heavy atom. The molecular weight excluding hydrogens is 282 g/mol. The van der Waals surface area contributed by atoms with E-state index in [1.165, 1.54) is 0 Å². The van der Waals surface area contributed by atoms with Crippen molar-refractivity contribution in [1.29, 1.82) is 0 Å². The molecule has 0 bridgehead atoms. The van der Waals surface area contributed by atoms with E-state index in [4.69, 9.17) is 19.7 Å². The van der Waals surface area contributed by atoms with Gasteiger partial charge in [-0.1, -0.05) is 11.2 Å². The molecule has 2 N–H and O–H groups in total. The molecule has 0 fully saturated rings. The Morgan fingerprint density at radius 3 is 2.64 bits per heavy atom. The summed E-state index contributed by atoms with van der Waals surface area (Å²) in [4.78, 5) is 4.41. The van der Waals surface area contributed by atoms with Crippen molar-refractivity contribution in [2.45, 2.75) is 0 Å². The minimum Gasteiger partial charge on any atom is -0.497 e. The maximum absolute atomic E-state index is 5.77. The van der Waals surface area contributed by atoms with Gasteiger partial charge >= 0.3 is 0 Å². The predicted octanol–water partition coefficient (Wildman–Crippen LogP) is 3.00. The van der Waals surface area contributed by atoms with Crippen molar-refractivity contribution in [3.8, 4) is 34.3 Å². The monoisotopic (exact) mass is 297 g/mol. The third-order valence-corrected chi connectivity index (χ3v) is 3.21. The molecule has 0 atom stereocenters. The Labute approximate surface area is 127 Å². The van der Waals surface area contributed by atoms with Crippen molar-refractivity contribution in [2.24, 2.45) is 0 Å². The molecule has 2 aromatic carbocycles. The van der Waals surface area contributed by atoms with Crippen LogP contribution in [0.5, 0.6) is 11.5 Å². The van der Waals surface area contributed by atoms with Crippen LogP contribution in [0.15, 0.2) is 47.0 Å². The highest BCUT2D eigenvalue weighted by Crippen LogP contribution is 2.33. The van der Waals surface area contributed by atoms with Gasteiger partial charge in [0.25, 0.3) is 5.89 Å². The molecule has 0 unspecified atom stereocenters. The third kappa shape index (κ3) is 2.58. The first-order valence-electron chi connectivity index (χ1n) is 6.63. The first-order valence-corrected chi connectivity index (χ1v) is 6.63. The van der Waals surface area contributed by atoms with Gasteiger partial charge in [0.15, 0.2) is 0 Å². The molecule has 1 heterocycles. The van der Waals surface area contributed by atoms with Gasteiger partial charge in [0.2, 0.25) is 5.82 Å². The first-order chi connectivity index (χ1) is 10.7. The number of nitrogens with zero attached hydrogens (tertiary/aromatic N) is 2. The SMILES string of the molecule is COc1ccc(OC)c(-c2noc(-c3cccc(N)c3)n2)c1. The zero-order valence-electron chi connectivity index (χ0n) is 12.2. The molecule has 22 heavy (non-hydrogen) atoms. The van der Waals surface area contributed by atoms with Crippen LogP contribution in [0, 0.1) is 0 Å². The summed E-state index contributed by atoms with van der Waals surface area (Å²) in [5.74, 6) is 2.15. The van der Waals surface area contributed by atoms with Crippen LogP contribution < -0.4 is 15.2 Å². The summed E-state index contributed by atoms with van der Waals surface area (Å²) in [6.07, 6.45) is 0. The average molecular weight is 297 g/mol. The molecule has 3 aromatic rings. The number of rotatable bonds is 4. The molecule has 0 spiro atoms. The van der Waals surface area contributed by atoms with Gasteiger partial charge in [0.1, 0.15) is 11.5 Å². The van der Waals surface area contributed by atoms with E-state index in [1.54, 1.807) is 44.6 Å². The van der Waals surface area contributed by atoms with Crippen LogP contribution in [0.4, 0.5) is 5.69 Å². The number of nitrogen functional groups attached to an aromatic ring is 1. The molecule has 1 aromatic heterocycles. The number of nitrogens with two attached hydrogens (primary N) is 1. The van der Waals surface area contributed by atoms with Crippen LogP contribution in [0.25, 0.3) is 22.8 Å². The van der Waals surface area contributed by atoms with Crippen LogP contribution in [-0.4, -0.2) is 24.4 Å². The summed E-state index contributed by atoms with van der Waals surface area (Å²) in [7, 11) is 3.18. The highest BCUT2D eigenvalue weighted by Gasteiger charge is 2.15. The number of ether oxygens (including phenoxy) is 2. The van der Waals surface area contributed by atoms with Crippen molar-refractivity contribution < 1.29 is 14.0 Å². The molecule has 0 saturated carbocycles. The topological polar surface area (TPSA) is 83.4 Å². The van der Waals surface area contributed by atoms with E-state index < -0.39 is 0 Å². The summed E-state index contributed by atoms with van der Waals surface area (Å²) < 4.78 is 15.9. The Balaban J connectivity index is 2.04. The lowest BCUT2D eigenvalue weighted by molar-refractivity contribution is 0.403. The van der Waals surface area contributed by atoms with Crippen LogP contribution in [0.1, 0.15) is 0 Å². The number of hydrogen-bond acceptors (Lipinski definition) is 6. The number of aromatic nitrogens is 2. The Hall–Kier alpha value is -3.02. The quantitative estimate of drug-likeness (QED) is 0.745. The molecule has 112 valence electrons. The van der Waals surface area contributed by atoms with Crippen molar-refractivity contribution in [3.05, 3.63) is 42.5 Å². The molecule has 6 nitrogen and oxygen atoms in total. The number of anilines is 1. The average Bonchev–Trinajstić information content (AvgIpc) is 3.04. The lowest BCUT2D eigenvalue weighted by Gasteiger charge is -2.07. The number of methoxy groups -OCH3 is 2. The van der Waals surface area contributed by atoms with Crippen LogP contribution in [0.3, 0.4) is 0 Å². The minimum absolute atomic E-state index is 0.396. The lowest BCUT2D eigenvalue weighted by Crippen LogP contribution is -1.91. The Morgan fingerprint density at radius 1 is 1.05 bits per heavy atom. The largest absolute Gasteiger partial charge is 0.497 e. The fourth-order valence-corrected chi connectivity index (χ4v) is 2.11. The maximum atomic E-state index is 5.77. The van der Waals surface area contributed by atoms with E-state index in [0.717, 1.165) is 5.56 Å². The van der Waals surface area contributed by atoms with Gasteiger partial charge in [0, 0.05) is 11.3 Å². The van der Waals surface area contributed by atoms with Crippen molar-refractivity contribution in [2.75, 3.05) is 20.0 Å². The van der Waals surface area contributed by atoms with Gasteiger partial charge in [-0.15, -0.1) is 0 Å². The second kappa shape index (κ2) is 5.77. The van der Waals surface area contributed by atoms with Gasteiger partial charge in [-0.3, -0.25) is 0 Å². The Bertz CT molecular complexity index is 799. The fourth-order valence-electron chi connectivity index (χ4n) is 2.11. The number of benzene rings is 2. The Kier molecular flexibility index (Phi) is 3.65. The minimum atomic E-state index is 0.396. The molecule has 0 amide bonds. The van der Waals surface area contributed by atoms with Crippen LogP contribution in [0.2, 0.25) is 0 Å². The third-order valence-electron chi connectivity index (χ3n) is 3.21. The molecule has 6 heteroatoms. The van der Waals surface area contributed by atoms with E-state index in [-0.39, 0.29) is 0 Å². The second-order valence-electron chi connectivity index (χ2n) is 4.61. The highest BCUT2D eigenvalue weighted by atomic mass is 16.5. The molecule has 0 aliphatic rings. The molecule has 0 saturated heterocycles.